The van der Waals surface area contributed by atoms with Crippen LogP contribution in [0.15, 0.2) is 36.4 Å². The number of amides is 3. The number of nitrogens with zero attached hydrogens (tertiary/aromatic N) is 2. The Morgan fingerprint density at radius 3 is 2.35 bits per heavy atom. The first-order valence-corrected chi connectivity index (χ1v) is 14.0. The van der Waals surface area contributed by atoms with Crippen LogP contribution < -0.4 is 20.1 Å². The van der Waals surface area contributed by atoms with Crippen LogP contribution in [0.4, 0.5) is 10.5 Å². The number of ether oxygens (including phenoxy) is 3. The first-order chi connectivity index (χ1) is 18.9. The predicted molar refractivity (Wildman–Crippen MR) is 155 cm³/mol. The van der Waals surface area contributed by atoms with Crippen molar-refractivity contribution in [2.45, 2.75) is 78.9 Å². The number of fused-ring (bicyclic) bond motifs is 1. The Hall–Kier alpha value is -3.75. The summed E-state index contributed by atoms with van der Waals surface area (Å²) in [4.78, 5) is 41.7. The molecular formula is C31H43N3O6. The van der Waals surface area contributed by atoms with Crippen molar-refractivity contribution in [1.29, 1.82) is 0 Å². The fourth-order valence-electron chi connectivity index (χ4n) is 4.88. The monoisotopic (exact) mass is 553 g/mol. The maximum Gasteiger partial charge on any atom is 0.410 e. The highest BCUT2D eigenvalue weighted by atomic mass is 16.6. The Morgan fingerprint density at radius 2 is 1.75 bits per heavy atom. The van der Waals surface area contributed by atoms with E-state index in [1.165, 1.54) is 0 Å². The van der Waals surface area contributed by atoms with Crippen LogP contribution in [0.1, 0.15) is 75.9 Å². The predicted octanol–water partition coefficient (Wildman–Crippen LogP) is 5.12. The summed E-state index contributed by atoms with van der Waals surface area (Å²) in [6, 6.07) is 10.9. The average Bonchev–Trinajstić information content (AvgIpc) is 3.30. The number of hydrogen-bond donors (Lipinski definition) is 1. The average molecular weight is 554 g/mol. The van der Waals surface area contributed by atoms with Gasteiger partial charge in [0.2, 0.25) is 5.91 Å². The number of para-hydroxylation sites is 2. The Morgan fingerprint density at radius 1 is 1.07 bits per heavy atom. The van der Waals surface area contributed by atoms with Crippen LogP contribution in [0, 0.1) is 0 Å². The molecule has 0 aromatic heterocycles. The zero-order valence-corrected chi connectivity index (χ0v) is 24.6. The van der Waals surface area contributed by atoms with E-state index in [-0.39, 0.29) is 25.1 Å². The highest BCUT2D eigenvalue weighted by Crippen LogP contribution is 2.34. The first-order valence-electron chi connectivity index (χ1n) is 14.0. The third-order valence-electron chi connectivity index (χ3n) is 6.58. The van der Waals surface area contributed by atoms with Gasteiger partial charge in [-0.05, 0) is 83.2 Å². The third-order valence-corrected chi connectivity index (χ3v) is 6.58. The van der Waals surface area contributed by atoms with Crippen molar-refractivity contribution in [1.82, 2.24) is 4.90 Å². The van der Waals surface area contributed by atoms with Gasteiger partial charge in [-0.3, -0.25) is 9.59 Å². The molecule has 1 unspecified atom stereocenters. The lowest BCUT2D eigenvalue weighted by Crippen LogP contribution is -2.45. The number of hydrogen-bond acceptors (Lipinski definition) is 6. The van der Waals surface area contributed by atoms with Gasteiger partial charge in [0, 0.05) is 19.0 Å². The van der Waals surface area contributed by atoms with Gasteiger partial charge >= 0.3 is 6.09 Å². The number of carbonyl (C=O) groups excluding carboxylic acids is 3. The van der Waals surface area contributed by atoms with Gasteiger partial charge in [0.25, 0.3) is 5.91 Å². The summed E-state index contributed by atoms with van der Waals surface area (Å²) >= 11 is 0. The van der Waals surface area contributed by atoms with E-state index < -0.39 is 17.6 Å². The van der Waals surface area contributed by atoms with Gasteiger partial charge < -0.3 is 29.7 Å². The lowest BCUT2D eigenvalue weighted by atomic mass is 9.97. The molecule has 9 heteroatoms. The van der Waals surface area contributed by atoms with Crippen LogP contribution in [0.2, 0.25) is 0 Å². The maximum atomic E-state index is 13.2. The molecule has 0 saturated heterocycles. The second kappa shape index (κ2) is 13.5. The van der Waals surface area contributed by atoms with E-state index in [1.54, 1.807) is 15.9 Å². The molecule has 1 aliphatic heterocycles. The van der Waals surface area contributed by atoms with Gasteiger partial charge in [0.15, 0.2) is 11.5 Å². The summed E-state index contributed by atoms with van der Waals surface area (Å²) in [5.41, 5.74) is 7.83. The number of primary amides is 1. The van der Waals surface area contributed by atoms with Gasteiger partial charge in [-0.2, -0.15) is 0 Å². The molecule has 0 saturated carbocycles. The standard InChI is InChI=1S/C31H43N3O6/c1-7-11-27(35)34-15-14-23-19-22(20-24(28(23)34)29(32)36)18-21(3)33(30(37)40-31(4,5)6)16-17-39-26-13-10-9-12-25(26)38-8-2/h9-10,12-13,19-21H,7-8,11,14-18H2,1-6H3,(H2,32,36). The molecule has 0 bridgehead atoms. The van der Waals surface area contributed by atoms with E-state index in [1.807, 2.05) is 71.9 Å². The molecule has 0 radical (unpaired) electrons. The summed E-state index contributed by atoms with van der Waals surface area (Å²) in [6.45, 7) is 12.8. The van der Waals surface area contributed by atoms with E-state index in [9.17, 15) is 14.4 Å². The Labute approximate surface area is 237 Å². The number of nitrogens with two attached hydrogens (primary N) is 1. The van der Waals surface area contributed by atoms with Crippen molar-refractivity contribution >= 4 is 23.6 Å². The number of benzene rings is 2. The Balaban J connectivity index is 1.82. The highest BCUT2D eigenvalue weighted by molar-refractivity contribution is 6.06. The number of anilines is 1. The van der Waals surface area contributed by atoms with Crippen LogP contribution in [-0.2, 0) is 22.4 Å². The summed E-state index contributed by atoms with van der Waals surface area (Å²) in [7, 11) is 0. The van der Waals surface area contributed by atoms with Crippen molar-refractivity contribution in [2.24, 2.45) is 5.73 Å². The summed E-state index contributed by atoms with van der Waals surface area (Å²) in [5, 5.41) is 0. The van der Waals surface area contributed by atoms with Gasteiger partial charge in [-0.25, -0.2) is 4.79 Å². The molecule has 218 valence electrons. The minimum atomic E-state index is -0.668. The quantitative estimate of drug-likeness (QED) is 0.391. The van der Waals surface area contributed by atoms with Crippen molar-refractivity contribution in [3.63, 3.8) is 0 Å². The molecule has 3 rings (SSSR count). The van der Waals surface area contributed by atoms with Gasteiger partial charge in [0.05, 0.1) is 24.4 Å². The fourth-order valence-corrected chi connectivity index (χ4v) is 4.88. The molecule has 0 aliphatic carbocycles. The zero-order chi connectivity index (χ0) is 29.4. The van der Waals surface area contributed by atoms with E-state index >= 15 is 0 Å². The second-order valence-corrected chi connectivity index (χ2v) is 11.0. The minimum absolute atomic E-state index is 0.00752. The highest BCUT2D eigenvalue weighted by Gasteiger charge is 2.31. The smallest absolute Gasteiger partial charge is 0.410 e. The van der Waals surface area contributed by atoms with E-state index in [4.69, 9.17) is 19.9 Å². The lowest BCUT2D eigenvalue weighted by molar-refractivity contribution is -0.118. The molecule has 40 heavy (non-hydrogen) atoms. The van der Waals surface area contributed by atoms with Gasteiger partial charge in [0.1, 0.15) is 12.2 Å². The molecule has 3 amide bonds. The lowest BCUT2D eigenvalue weighted by Gasteiger charge is -2.32. The molecule has 0 fully saturated rings. The topological polar surface area (TPSA) is 111 Å². The van der Waals surface area contributed by atoms with Crippen LogP contribution >= 0.6 is 0 Å². The zero-order valence-electron chi connectivity index (χ0n) is 24.6. The molecule has 1 aliphatic rings. The SMILES string of the molecule is CCCC(=O)N1CCc2cc(CC(C)N(CCOc3ccccc3OCC)C(=O)OC(C)(C)C)cc(C(N)=O)c21. The van der Waals surface area contributed by atoms with E-state index in [2.05, 4.69) is 0 Å². The van der Waals surface area contributed by atoms with Crippen molar-refractivity contribution in [3.05, 3.63) is 53.1 Å². The van der Waals surface area contributed by atoms with Crippen molar-refractivity contribution < 1.29 is 28.6 Å². The van der Waals surface area contributed by atoms with Crippen molar-refractivity contribution in [2.75, 3.05) is 31.2 Å². The number of rotatable bonds is 12. The van der Waals surface area contributed by atoms with Crippen molar-refractivity contribution in [3.8, 4) is 11.5 Å². The first kappa shape index (κ1) is 30.8. The third kappa shape index (κ3) is 7.90. The van der Waals surface area contributed by atoms with Gasteiger partial charge in [-0.1, -0.05) is 25.1 Å². The molecule has 1 atom stereocenters. The number of carbonyl (C=O) groups is 3. The van der Waals surface area contributed by atoms with Gasteiger partial charge in [-0.15, -0.1) is 0 Å². The molecular weight excluding hydrogens is 510 g/mol. The summed E-state index contributed by atoms with van der Waals surface area (Å²) < 4.78 is 17.3. The van der Waals surface area contributed by atoms with E-state index in [0.29, 0.717) is 55.2 Å². The van der Waals surface area contributed by atoms with Crippen LogP contribution in [0.5, 0.6) is 11.5 Å². The normalized spacial score (nSPS) is 13.4. The molecule has 9 nitrogen and oxygen atoms in total. The van der Waals surface area contributed by atoms with Crippen LogP contribution in [0.3, 0.4) is 0 Å². The molecule has 2 aromatic rings. The second-order valence-electron chi connectivity index (χ2n) is 11.0. The van der Waals surface area contributed by atoms with Crippen LogP contribution in [-0.4, -0.2) is 60.8 Å². The minimum Gasteiger partial charge on any atom is -0.490 e. The van der Waals surface area contributed by atoms with E-state index in [0.717, 1.165) is 17.5 Å². The van der Waals surface area contributed by atoms with Crippen LogP contribution in [0.25, 0.3) is 0 Å². The summed E-state index contributed by atoms with van der Waals surface area (Å²) in [6.07, 6.45) is 1.81. The molecule has 1 heterocycles. The Kier molecular flexibility index (Phi) is 10.4. The largest absolute Gasteiger partial charge is 0.490 e. The Bertz CT molecular complexity index is 1210. The molecule has 2 aromatic carbocycles. The maximum absolute atomic E-state index is 13.2. The summed E-state index contributed by atoms with van der Waals surface area (Å²) in [5.74, 6) is 0.665. The molecule has 0 spiro atoms. The fraction of sp³-hybridized carbons (Fsp3) is 0.516. The molecule has 2 N–H and O–H groups in total.